The molecule has 1 aliphatic rings. The van der Waals surface area contributed by atoms with Crippen LogP contribution in [0.2, 0.25) is 0 Å². The molecule has 1 aliphatic heterocycles. The monoisotopic (exact) mass is 357 g/mol. The van der Waals surface area contributed by atoms with Gasteiger partial charge in [-0.1, -0.05) is 26.0 Å². The van der Waals surface area contributed by atoms with Crippen LogP contribution in [0.5, 0.6) is 5.75 Å². The minimum absolute atomic E-state index is 0.0364. The van der Waals surface area contributed by atoms with Gasteiger partial charge in [-0.25, -0.2) is 0 Å². The quantitative estimate of drug-likeness (QED) is 0.803. The molecular formula is C21H27NO4. The second-order valence-corrected chi connectivity index (χ2v) is 7.25. The van der Waals surface area contributed by atoms with Crippen molar-refractivity contribution in [3.63, 3.8) is 0 Å². The highest BCUT2D eigenvalue weighted by molar-refractivity contribution is 5.91. The summed E-state index contributed by atoms with van der Waals surface area (Å²) >= 11 is 0. The van der Waals surface area contributed by atoms with Gasteiger partial charge in [0.05, 0.1) is 12.2 Å². The summed E-state index contributed by atoms with van der Waals surface area (Å²) < 4.78 is 17.1. The Balaban J connectivity index is 1.58. The first-order chi connectivity index (χ1) is 12.4. The summed E-state index contributed by atoms with van der Waals surface area (Å²) in [6.07, 6.45) is 0.0727. The molecule has 26 heavy (non-hydrogen) atoms. The lowest BCUT2D eigenvalue weighted by molar-refractivity contribution is -0.0592. The van der Waals surface area contributed by atoms with Gasteiger partial charge in [0.15, 0.2) is 5.76 Å². The number of nitrogens with zero attached hydrogens (tertiary/aromatic N) is 1. The number of furan rings is 1. The molecule has 0 N–H and O–H groups in total. The van der Waals surface area contributed by atoms with Gasteiger partial charge in [0.25, 0.3) is 5.91 Å². The predicted octanol–water partition coefficient (Wildman–Crippen LogP) is 4.23. The van der Waals surface area contributed by atoms with Crippen molar-refractivity contribution in [1.29, 1.82) is 0 Å². The molecule has 1 saturated heterocycles. The van der Waals surface area contributed by atoms with Gasteiger partial charge in [-0.2, -0.15) is 0 Å². The molecule has 0 saturated carbocycles. The smallest absolute Gasteiger partial charge is 0.289 e. The zero-order valence-electron chi connectivity index (χ0n) is 15.9. The minimum Gasteiger partial charge on any atom is -0.486 e. The molecular weight excluding hydrogens is 330 g/mol. The fourth-order valence-electron chi connectivity index (χ4n) is 3.17. The number of hydrogen-bond acceptors (Lipinski definition) is 4. The van der Waals surface area contributed by atoms with Gasteiger partial charge in [-0.3, -0.25) is 4.79 Å². The molecule has 1 aromatic carbocycles. The number of carbonyl (C=O) groups excluding carboxylic acids is 1. The zero-order valence-corrected chi connectivity index (χ0v) is 15.9. The third-order valence-electron chi connectivity index (χ3n) is 4.51. The Morgan fingerprint density at radius 3 is 2.38 bits per heavy atom. The van der Waals surface area contributed by atoms with Crippen LogP contribution in [0.1, 0.15) is 55.5 Å². The summed E-state index contributed by atoms with van der Waals surface area (Å²) in [7, 11) is 0. The van der Waals surface area contributed by atoms with Gasteiger partial charge in [0.2, 0.25) is 0 Å². The first-order valence-electron chi connectivity index (χ1n) is 9.18. The number of ether oxygens (including phenoxy) is 2. The Morgan fingerprint density at radius 1 is 1.12 bits per heavy atom. The molecule has 0 spiro atoms. The number of morpholine rings is 1. The molecule has 1 aromatic heterocycles. The van der Waals surface area contributed by atoms with E-state index in [9.17, 15) is 4.79 Å². The predicted molar refractivity (Wildman–Crippen MR) is 99.5 cm³/mol. The van der Waals surface area contributed by atoms with Crippen LogP contribution in [0.25, 0.3) is 0 Å². The highest BCUT2D eigenvalue weighted by Crippen LogP contribution is 2.21. The van der Waals surface area contributed by atoms with E-state index in [4.69, 9.17) is 13.9 Å². The Kier molecular flexibility index (Phi) is 5.67. The molecule has 1 amide bonds. The Labute approximate surface area is 154 Å². The van der Waals surface area contributed by atoms with E-state index in [0.717, 1.165) is 5.75 Å². The van der Waals surface area contributed by atoms with Gasteiger partial charge in [0.1, 0.15) is 18.1 Å². The van der Waals surface area contributed by atoms with Crippen molar-refractivity contribution in [3.8, 4) is 5.75 Å². The number of benzene rings is 1. The van der Waals surface area contributed by atoms with E-state index in [1.165, 1.54) is 5.56 Å². The maximum atomic E-state index is 12.6. The van der Waals surface area contributed by atoms with Crippen molar-refractivity contribution in [2.75, 3.05) is 13.1 Å². The van der Waals surface area contributed by atoms with Crippen LogP contribution in [0.4, 0.5) is 0 Å². The normalized spacial score (nSPS) is 20.4. The highest BCUT2D eigenvalue weighted by atomic mass is 16.5. The van der Waals surface area contributed by atoms with Crippen LogP contribution in [0.3, 0.4) is 0 Å². The molecule has 1 fully saturated rings. The van der Waals surface area contributed by atoms with Gasteiger partial charge >= 0.3 is 0 Å². The van der Waals surface area contributed by atoms with Crippen LogP contribution >= 0.6 is 0 Å². The average Bonchev–Trinajstić information content (AvgIpc) is 3.07. The topological polar surface area (TPSA) is 51.9 Å². The fourth-order valence-corrected chi connectivity index (χ4v) is 3.17. The number of carbonyl (C=O) groups is 1. The second kappa shape index (κ2) is 7.96. The van der Waals surface area contributed by atoms with Crippen molar-refractivity contribution in [2.45, 2.75) is 52.4 Å². The second-order valence-electron chi connectivity index (χ2n) is 7.25. The first kappa shape index (κ1) is 18.5. The van der Waals surface area contributed by atoms with E-state index in [2.05, 4.69) is 26.0 Å². The third-order valence-corrected chi connectivity index (χ3v) is 4.51. The molecule has 2 aromatic rings. The lowest BCUT2D eigenvalue weighted by Gasteiger charge is -2.34. The van der Waals surface area contributed by atoms with E-state index in [0.29, 0.717) is 37.1 Å². The average molecular weight is 357 g/mol. The zero-order chi connectivity index (χ0) is 18.7. The molecule has 0 bridgehead atoms. The molecule has 2 atom stereocenters. The minimum atomic E-state index is -0.0977. The van der Waals surface area contributed by atoms with Crippen molar-refractivity contribution >= 4 is 5.91 Å². The molecule has 0 unspecified atom stereocenters. The van der Waals surface area contributed by atoms with Crippen LogP contribution in [0, 0.1) is 0 Å². The summed E-state index contributed by atoms with van der Waals surface area (Å²) in [6, 6.07) is 11.6. The van der Waals surface area contributed by atoms with Crippen LogP contribution in [-0.2, 0) is 11.3 Å². The summed E-state index contributed by atoms with van der Waals surface area (Å²) in [5.41, 5.74) is 1.28. The first-order valence-corrected chi connectivity index (χ1v) is 9.18. The lowest BCUT2D eigenvalue weighted by Crippen LogP contribution is -2.48. The van der Waals surface area contributed by atoms with E-state index >= 15 is 0 Å². The van der Waals surface area contributed by atoms with Gasteiger partial charge in [0, 0.05) is 13.1 Å². The molecule has 5 heteroatoms. The van der Waals surface area contributed by atoms with Crippen LogP contribution in [0.15, 0.2) is 40.8 Å². The largest absolute Gasteiger partial charge is 0.486 e. The lowest BCUT2D eigenvalue weighted by atomic mass is 10.0. The maximum Gasteiger partial charge on any atom is 0.289 e. The Hall–Kier alpha value is -2.27. The molecule has 140 valence electrons. The van der Waals surface area contributed by atoms with Crippen LogP contribution in [-0.4, -0.2) is 36.1 Å². The number of hydrogen-bond donors (Lipinski definition) is 0. The van der Waals surface area contributed by atoms with E-state index in [-0.39, 0.29) is 18.1 Å². The van der Waals surface area contributed by atoms with Gasteiger partial charge < -0.3 is 18.8 Å². The molecule has 3 rings (SSSR count). The number of rotatable bonds is 5. The maximum absolute atomic E-state index is 12.6. The summed E-state index contributed by atoms with van der Waals surface area (Å²) in [5.74, 6) is 2.16. The SMILES string of the molecule is CC(C)c1ccc(OCc2ccc(C(=O)N3C[C@@H](C)O[C@H](C)C3)o2)cc1. The van der Waals surface area contributed by atoms with Crippen LogP contribution < -0.4 is 4.74 Å². The van der Waals surface area contributed by atoms with E-state index in [1.807, 2.05) is 26.0 Å². The van der Waals surface area contributed by atoms with Gasteiger partial charge in [-0.15, -0.1) is 0 Å². The van der Waals surface area contributed by atoms with Gasteiger partial charge in [-0.05, 0) is 49.6 Å². The number of amides is 1. The Bertz CT molecular complexity index is 725. The molecule has 2 heterocycles. The van der Waals surface area contributed by atoms with Crippen molar-refractivity contribution < 1.29 is 18.7 Å². The Morgan fingerprint density at radius 2 is 1.77 bits per heavy atom. The summed E-state index contributed by atoms with van der Waals surface area (Å²) in [4.78, 5) is 14.4. The third kappa shape index (κ3) is 4.47. The molecule has 5 nitrogen and oxygen atoms in total. The summed E-state index contributed by atoms with van der Waals surface area (Å²) in [5, 5.41) is 0. The standard InChI is InChI=1S/C21H27NO4/c1-14(2)17-5-7-18(8-6-17)24-13-19-9-10-20(26-19)21(23)22-11-15(3)25-16(4)12-22/h5-10,14-16H,11-13H2,1-4H3/t15-,16-/m1/s1. The fraction of sp³-hybridized carbons (Fsp3) is 0.476. The highest BCUT2D eigenvalue weighted by Gasteiger charge is 2.28. The van der Waals surface area contributed by atoms with Crippen molar-refractivity contribution in [2.24, 2.45) is 0 Å². The van der Waals surface area contributed by atoms with E-state index < -0.39 is 0 Å². The van der Waals surface area contributed by atoms with Crippen molar-refractivity contribution in [1.82, 2.24) is 4.90 Å². The molecule has 0 radical (unpaired) electrons. The summed E-state index contributed by atoms with van der Waals surface area (Å²) in [6.45, 7) is 9.73. The van der Waals surface area contributed by atoms with Crippen molar-refractivity contribution in [3.05, 3.63) is 53.5 Å². The van der Waals surface area contributed by atoms with E-state index in [1.54, 1.807) is 17.0 Å². The molecule has 0 aliphatic carbocycles.